The van der Waals surface area contributed by atoms with E-state index >= 15 is 0 Å². The molecular formula is C24H16BrClF3NO3S. The van der Waals surface area contributed by atoms with Crippen LogP contribution in [0.25, 0.3) is 0 Å². The fraction of sp³-hybridized carbons (Fsp3) is 0.208. The maximum Gasteiger partial charge on any atom is 0.416 e. The number of amides is 2. The van der Waals surface area contributed by atoms with Crippen LogP contribution in [0.2, 0.25) is 4.34 Å². The van der Waals surface area contributed by atoms with Gasteiger partial charge in [0.15, 0.2) is 5.78 Å². The molecule has 4 rings (SSSR count). The average Bonchev–Trinajstić information content (AvgIpc) is 3.25. The third kappa shape index (κ3) is 4.96. The Bertz CT molecular complexity index is 1240. The van der Waals surface area contributed by atoms with Gasteiger partial charge in [0, 0.05) is 17.4 Å². The summed E-state index contributed by atoms with van der Waals surface area (Å²) in [5, 5.41) is 0. The highest BCUT2D eigenvalue weighted by atomic mass is 79.9. The first kappa shape index (κ1) is 24.6. The van der Waals surface area contributed by atoms with Crippen molar-refractivity contribution in [2.75, 3.05) is 6.54 Å². The molecule has 0 saturated carbocycles. The van der Waals surface area contributed by atoms with Gasteiger partial charge in [0.05, 0.1) is 21.6 Å². The number of nitrogens with zero attached hydrogens (tertiary/aromatic N) is 1. The predicted octanol–water partition coefficient (Wildman–Crippen LogP) is 6.91. The van der Waals surface area contributed by atoms with E-state index in [-0.39, 0.29) is 41.9 Å². The molecule has 0 fully saturated rings. The molecular weight excluding hydrogens is 555 g/mol. The molecule has 1 aliphatic heterocycles. The lowest BCUT2D eigenvalue weighted by molar-refractivity contribution is -0.138. The molecule has 0 radical (unpaired) electrons. The van der Waals surface area contributed by atoms with E-state index in [0.29, 0.717) is 13.7 Å². The molecule has 2 heterocycles. The number of Topliss-reactive ketones (excluding diaryl/α,β-unsaturated/α-hetero) is 1. The Hall–Kier alpha value is -2.49. The van der Waals surface area contributed by atoms with Crippen LogP contribution in [-0.2, 0) is 12.6 Å². The van der Waals surface area contributed by atoms with Gasteiger partial charge in [-0.15, -0.1) is 11.3 Å². The first-order valence-electron chi connectivity index (χ1n) is 10.1. The molecule has 0 saturated heterocycles. The monoisotopic (exact) mass is 569 g/mol. The van der Waals surface area contributed by atoms with Gasteiger partial charge in [0.25, 0.3) is 11.8 Å². The van der Waals surface area contributed by atoms with Gasteiger partial charge in [0.2, 0.25) is 0 Å². The molecule has 1 aromatic heterocycles. The van der Waals surface area contributed by atoms with Gasteiger partial charge in [-0.25, -0.2) is 0 Å². The molecule has 0 N–H and O–H groups in total. The van der Waals surface area contributed by atoms with E-state index in [2.05, 4.69) is 15.9 Å². The highest BCUT2D eigenvalue weighted by molar-refractivity contribution is 9.10. The number of hydrogen-bond acceptors (Lipinski definition) is 4. The minimum Gasteiger partial charge on any atom is -0.293 e. The van der Waals surface area contributed by atoms with Crippen LogP contribution in [0.15, 0.2) is 59.1 Å². The Morgan fingerprint density at radius 1 is 1.03 bits per heavy atom. The van der Waals surface area contributed by atoms with Crippen molar-refractivity contribution in [2.45, 2.75) is 19.0 Å². The maximum absolute atomic E-state index is 13.6. The van der Waals surface area contributed by atoms with Crippen molar-refractivity contribution in [1.29, 1.82) is 0 Å². The Labute approximate surface area is 210 Å². The first-order valence-corrected chi connectivity index (χ1v) is 12.1. The van der Waals surface area contributed by atoms with Crippen LogP contribution in [0.5, 0.6) is 0 Å². The van der Waals surface area contributed by atoms with Gasteiger partial charge in [-0.1, -0.05) is 41.9 Å². The normalized spacial score (nSPS) is 14.4. The van der Waals surface area contributed by atoms with Gasteiger partial charge in [-0.05, 0) is 58.1 Å². The van der Waals surface area contributed by atoms with Crippen LogP contribution in [0.1, 0.15) is 47.9 Å². The second-order valence-corrected chi connectivity index (χ2v) is 10.4. The number of halogens is 5. The molecule has 0 bridgehead atoms. The molecule has 10 heteroatoms. The summed E-state index contributed by atoms with van der Waals surface area (Å²) in [4.78, 5) is 40.0. The number of thiophene rings is 1. The van der Waals surface area contributed by atoms with Crippen molar-refractivity contribution in [2.24, 2.45) is 5.92 Å². The van der Waals surface area contributed by atoms with Crippen molar-refractivity contribution in [1.82, 2.24) is 4.90 Å². The van der Waals surface area contributed by atoms with Crippen LogP contribution in [-0.4, -0.2) is 29.0 Å². The number of ketones is 1. The van der Waals surface area contributed by atoms with Gasteiger partial charge in [0.1, 0.15) is 4.34 Å². The zero-order valence-corrected chi connectivity index (χ0v) is 20.5. The van der Waals surface area contributed by atoms with Gasteiger partial charge in [-0.2, -0.15) is 13.2 Å². The second kappa shape index (κ2) is 9.64. The fourth-order valence-corrected chi connectivity index (χ4v) is 5.65. The van der Waals surface area contributed by atoms with Crippen molar-refractivity contribution in [3.8, 4) is 0 Å². The van der Waals surface area contributed by atoms with E-state index in [9.17, 15) is 27.6 Å². The van der Waals surface area contributed by atoms with E-state index in [1.807, 2.05) is 0 Å². The molecule has 0 unspecified atom stereocenters. The molecule has 0 spiro atoms. The maximum atomic E-state index is 13.6. The number of carbonyl (C=O) groups is 3. The van der Waals surface area contributed by atoms with Crippen molar-refractivity contribution < 1.29 is 27.6 Å². The number of fused-ring (bicyclic) bond motifs is 1. The summed E-state index contributed by atoms with van der Waals surface area (Å²) in [6.07, 6.45) is -4.88. The van der Waals surface area contributed by atoms with Crippen molar-refractivity contribution in [3.63, 3.8) is 0 Å². The molecule has 1 atom stereocenters. The molecule has 176 valence electrons. The van der Waals surface area contributed by atoms with E-state index in [1.165, 1.54) is 30.3 Å². The van der Waals surface area contributed by atoms with Crippen LogP contribution in [0, 0.1) is 5.92 Å². The third-order valence-corrected chi connectivity index (χ3v) is 8.06. The van der Waals surface area contributed by atoms with Gasteiger partial charge >= 0.3 is 6.18 Å². The minimum atomic E-state index is -4.58. The summed E-state index contributed by atoms with van der Waals surface area (Å²) in [6, 6.07) is 13.0. The zero-order valence-electron chi connectivity index (χ0n) is 17.4. The first-order chi connectivity index (χ1) is 16.1. The van der Waals surface area contributed by atoms with E-state index < -0.39 is 29.5 Å². The van der Waals surface area contributed by atoms with Gasteiger partial charge < -0.3 is 0 Å². The number of imide groups is 1. The minimum absolute atomic E-state index is 0.00481. The van der Waals surface area contributed by atoms with Gasteiger partial charge in [-0.3, -0.25) is 19.3 Å². The van der Waals surface area contributed by atoms with Crippen molar-refractivity contribution in [3.05, 3.63) is 90.5 Å². The molecule has 0 aliphatic carbocycles. The largest absolute Gasteiger partial charge is 0.416 e. The third-order valence-electron chi connectivity index (χ3n) is 5.54. The average molecular weight is 571 g/mol. The molecule has 34 heavy (non-hydrogen) atoms. The summed E-state index contributed by atoms with van der Waals surface area (Å²) in [6.45, 7) is -0.190. The Kier molecular flexibility index (Phi) is 6.98. The molecule has 3 aromatic rings. The number of benzene rings is 2. The SMILES string of the molecule is O=C(C[C@@H](Cc1ccccc1C(F)(F)F)CN1C(=O)c2ccccc2C1=O)c1cc(Br)c(Cl)s1. The van der Waals surface area contributed by atoms with Crippen molar-refractivity contribution >= 4 is 56.5 Å². The topological polar surface area (TPSA) is 54.5 Å². The Morgan fingerprint density at radius 3 is 2.18 bits per heavy atom. The Morgan fingerprint density at radius 2 is 1.62 bits per heavy atom. The van der Waals surface area contributed by atoms with E-state index in [0.717, 1.165) is 22.3 Å². The highest BCUT2D eigenvalue weighted by Crippen LogP contribution is 2.36. The zero-order chi connectivity index (χ0) is 24.6. The summed E-state index contributed by atoms with van der Waals surface area (Å²) in [5.41, 5.74) is -0.337. The van der Waals surface area contributed by atoms with E-state index in [4.69, 9.17) is 11.6 Å². The highest BCUT2D eigenvalue weighted by Gasteiger charge is 2.38. The molecule has 4 nitrogen and oxygen atoms in total. The van der Waals surface area contributed by atoms with Crippen LogP contribution in [0.4, 0.5) is 13.2 Å². The van der Waals surface area contributed by atoms with Crippen LogP contribution >= 0.6 is 38.9 Å². The lowest BCUT2D eigenvalue weighted by Gasteiger charge is -2.23. The summed E-state index contributed by atoms with van der Waals surface area (Å²) in [5.74, 6) is -2.12. The lowest BCUT2D eigenvalue weighted by atomic mass is 9.90. The Balaban J connectivity index is 1.64. The molecule has 1 aliphatic rings. The summed E-state index contributed by atoms with van der Waals surface area (Å²) >= 11 is 10.3. The molecule has 2 aromatic carbocycles. The predicted molar refractivity (Wildman–Crippen MR) is 126 cm³/mol. The van der Waals surface area contributed by atoms with Crippen LogP contribution in [0.3, 0.4) is 0 Å². The summed E-state index contributed by atoms with van der Waals surface area (Å²) in [7, 11) is 0. The smallest absolute Gasteiger partial charge is 0.293 e. The van der Waals surface area contributed by atoms with E-state index in [1.54, 1.807) is 18.2 Å². The number of carbonyl (C=O) groups excluding carboxylic acids is 3. The number of rotatable bonds is 7. The standard InChI is InChI=1S/C24H16BrClF3NO3S/c25-18-11-20(34-21(18)26)19(31)10-13(9-14-5-1-4-8-17(14)24(27,28)29)12-30-22(32)15-6-2-3-7-16(15)23(30)33/h1-8,11,13H,9-10,12H2/t13-/m1/s1. The number of hydrogen-bond donors (Lipinski definition) is 0. The number of alkyl halides is 3. The second-order valence-electron chi connectivity index (χ2n) is 7.85. The lowest BCUT2D eigenvalue weighted by Crippen LogP contribution is -2.36. The summed E-state index contributed by atoms with van der Waals surface area (Å²) < 4.78 is 41.7. The quantitative estimate of drug-likeness (QED) is 0.229. The van der Waals surface area contributed by atoms with Crippen LogP contribution < -0.4 is 0 Å². The molecule has 2 amide bonds. The fourth-order valence-electron chi connectivity index (χ4n) is 4.00.